The van der Waals surface area contributed by atoms with Crippen LogP contribution in [-0.2, 0) is 17.9 Å². The number of aromatic amines is 2. The van der Waals surface area contributed by atoms with Crippen LogP contribution in [-0.4, -0.2) is 29.5 Å². The average Bonchev–Trinajstić information content (AvgIpc) is 3.08. The van der Waals surface area contributed by atoms with E-state index in [-0.39, 0.29) is 5.56 Å². The summed E-state index contributed by atoms with van der Waals surface area (Å²) in [4.78, 5) is 17.7. The molecule has 0 bridgehead atoms. The first-order valence-electron chi connectivity index (χ1n) is 8.64. The Hall–Kier alpha value is -1.87. The van der Waals surface area contributed by atoms with Gasteiger partial charge >= 0.3 is 0 Å². The quantitative estimate of drug-likeness (QED) is 0.361. The van der Waals surface area contributed by atoms with Crippen molar-refractivity contribution < 1.29 is 4.55 Å². The summed E-state index contributed by atoms with van der Waals surface area (Å²) in [6.45, 7) is 7.85. The zero-order valence-corrected chi connectivity index (χ0v) is 18.4. The molecule has 0 aliphatic carbocycles. The second-order valence-electron chi connectivity index (χ2n) is 7.42. The maximum absolute atomic E-state index is 12.5. The van der Waals surface area contributed by atoms with Gasteiger partial charge in [-0.2, -0.15) is 0 Å². The smallest absolute Gasteiger partial charge is 0.276 e. The molecule has 1 atom stereocenters. The lowest BCUT2D eigenvalue weighted by Crippen LogP contribution is -2.27. The maximum atomic E-state index is 12.5. The van der Waals surface area contributed by atoms with Gasteiger partial charge in [0.1, 0.15) is 21.6 Å². The minimum Gasteiger partial charge on any atom is -0.591 e. The number of fused-ring (bicyclic) bond motifs is 1. The van der Waals surface area contributed by atoms with Crippen molar-refractivity contribution in [2.45, 2.75) is 39.0 Å². The summed E-state index contributed by atoms with van der Waals surface area (Å²) < 4.78 is 18.5. The van der Waals surface area contributed by atoms with Crippen LogP contribution in [0.1, 0.15) is 38.8 Å². The van der Waals surface area contributed by atoms with Crippen LogP contribution >= 0.6 is 23.8 Å². The van der Waals surface area contributed by atoms with Crippen molar-refractivity contribution in [3.8, 4) is 0 Å². The molecule has 2 N–H and O–H groups in total. The summed E-state index contributed by atoms with van der Waals surface area (Å²) in [5, 5.41) is 0.562. The van der Waals surface area contributed by atoms with Gasteiger partial charge < -0.3 is 14.1 Å². The number of halogens is 1. The number of H-pyrrole nitrogens is 2. The van der Waals surface area contributed by atoms with E-state index in [4.69, 9.17) is 23.8 Å². The minimum absolute atomic E-state index is 0.254. The highest BCUT2D eigenvalue weighted by molar-refractivity contribution is 7.91. The molecule has 0 aliphatic heterocycles. The molecule has 9 heteroatoms. The number of nitrogens with one attached hydrogen (secondary N) is 2. The molecule has 6 nitrogen and oxygen atoms in total. The second-order valence-corrected chi connectivity index (χ2v) is 10.2. The van der Waals surface area contributed by atoms with Gasteiger partial charge in [0.25, 0.3) is 5.56 Å². The number of aromatic nitrogens is 3. The molecule has 1 aromatic carbocycles. The molecule has 0 fully saturated rings. The Labute approximate surface area is 176 Å². The standard InChI is InChI=1S/C19H21ClN4O2S2/c1-11(23-28(26)19(2,3)4)14-9-13(20)6-5-12(14)10-24-15-7-8-21-16(15)17(25)22-18(24)27/h5-9,21H,10H2,1-4H3,(H,22,25,27). The lowest BCUT2D eigenvalue weighted by molar-refractivity contribution is 0.561. The monoisotopic (exact) mass is 436 g/mol. The SMILES string of the molecule is CC(=N[S+]([O-])C(C)(C)C)c1cc(Cl)ccc1Cn1c(=S)[nH]c(=O)c2[nH]ccc21. The van der Waals surface area contributed by atoms with Crippen LogP contribution in [0.5, 0.6) is 0 Å². The van der Waals surface area contributed by atoms with Gasteiger partial charge in [-0.05, 0) is 63.7 Å². The average molecular weight is 437 g/mol. The van der Waals surface area contributed by atoms with E-state index < -0.39 is 16.1 Å². The molecule has 1 unspecified atom stereocenters. The highest BCUT2D eigenvalue weighted by Gasteiger charge is 2.27. The molecule has 148 valence electrons. The van der Waals surface area contributed by atoms with Crippen LogP contribution < -0.4 is 5.56 Å². The summed E-state index contributed by atoms with van der Waals surface area (Å²) in [5.74, 6) is 0. The van der Waals surface area contributed by atoms with Crippen molar-refractivity contribution in [1.82, 2.24) is 14.5 Å². The number of hydrogen-bond acceptors (Lipinski definition) is 4. The lowest BCUT2D eigenvalue weighted by atomic mass is 10.0. The molecule has 0 radical (unpaired) electrons. The molecule has 2 heterocycles. The van der Waals surface area contributed by atoms with Gasteiger partial charge in [0.05, 0.1) is 17.8 Å². The predicted molar refractivity (Wildman–Crippen MR) is 118 cm³/mol. The van der Waals surface area contributed by atoms with Gasteiger partial charge in [-0.1, -0.05) is 22.1 Å². The minimum atomic E-state index is -1.39. The van der Waals surface area contributed by atoms with Crippen LogP contribution in [0.4, 0.5) is 0 Å². The third-order valence-electron chi connectivity index (χ3n) is 4.24. The summed E-state index contributed by atoms with van der Waals surface area (Å²) in [6, 6.07) is 7.30. The van der Waals surface area contributed by atoms with Crippen molar-refractivity contribution >= 4 is 51.9 Å². The van der Waals surface area contributed by atoms with Gasteiger partial charge in [-0.3, -0.25) is 9.78 Å². The summed E-state index contributed by atoms with van der Waals surface area (Å²) >= 11 is 10.2. The molecule has 0 spiro atoms. The van der Waals surface area contributed by atoms with Crippen molar-refractivity contribution in [2.75, 3.05) is 0 Å². The fourth-order valence-corrected chi connectivity index (χ4v) is 3.81. The lowest BCUT2D eigenvalue weighted by Gasteiger charge is -2.19. The first-order chi connectivity index (χ1) is 13.1. The Morgan fingerprint density at radius 2 is 2.07 bits per heavy atom. The molecule has 28 heavy (non-hydrogen) atoms. The second kappa shape index (κ2) is 7.87. The highest BCUT2D eigenvalue weighted by atomic mass is 35.5. The van der Waals surface area contributed by atoms with Crippen LogP contribution in [0.3, 0.4) is 0 Å². The Morgan fingerprint density at radius 3 is 2.75 bits per heavy atom. The zero-order valence-electron chi connectivity index (χ0n) is 16.0. The topological polar surface area (TPSA) is 89.0 Å². The van der Waals surface area contributed by atoms with Gasteiger partial charge in [0.15, 0.2) is 4.77 Å². The third kappa shape index (κ3) is 4.25. The zero-order chi connectivity index (χ0) is 20.6. The van der Waals surface area contributed by atoms with E-state index in [0.29, 0.717) is 33.1 Å². The molecule has 3 rings (SSSR count). The van der Waals surface area contributed by atoms with Crippen molar-refractivity contribution in [3.05, 3.63) is 61.7 Å². The first kappa shape index (κ1) is 20.9. The van der Waals surface area contributed by atoms with Crippen LogP contribution in [0, 0.1) is 4.77 Å². The third-order valence-corrected chi connectivity index (χ3v) is 6.29. The van der Waals surface area contributed by atoms with Gasteiger partial charge in [-0.25, -0.2) is 0 Å². The Kier molecular flexibility index (Phi) is 5.86. The predicted octanol–water partition coefficient (Wildman–Crippen LogP) is 4.36. The number of benzene rings is 1. The number of hydrogen-bond donors (Lipinski definition) is 2. The number of nitrogens with zero attached hydrogens (tertiary/aromatic N) is 2. The van der Waals surface area contributed by atoms with E-state index in [1.807, 2.05) is 44.4 Å². The Balaban J connectivity index is 2.11. The van der Waals surface area contributed by atoms with Crippen molar-refractivity contribution in [2.24, 2.45) is 4.40 Å². The highest BCUT2D eigenvalue weighted by Crippen LogP contribution is 2.23. The summed E-state index contributed by atoms with van der Waals surface area (Å²) in [7, 11) is 0. The molecule has 0 aliphatic rings. The normalized spacial score (nSPS) is 13.9. The van der Waals surface area contributed by atoms with Gasteiger partial charge in [-0.15, -0.1) is 0 Å². The Bertz CT molecular complexity index is 1170. The van der Waals surface area contributed by atoms with E-state index in [0.717, 1.165) is 11.1 Å². The molecule has 0 saturated heterocycles. The summed E-state index contributed by atoms with van der Waals surface area (Å²) in [5.41, 5.74) is 3.25. The molecule has 0 saturated carbocycles. The van der Waals surface area contributed by atoms with Gasteiger partial charge in [0.2, 0.25) is 0 Å². The largest absolute Gasteiger partial charge is 0.591 e. The van der Waals surface area contributed by atoms with Gasteiger partial charge in [0, 0.05) is 16.8 Å². The van der Waals surface area contributed by atoms with Crippen LogP contribution in [0.2, 0.25) is 5.02 Å². The van der Waals surface area contributed by atoms with Crippen molar-refractivity contribution in [1.29, 1.82) is 0 Å². The summed E-state index contributed by atoms with van der Waals surface area (Å²) in [6.07, 6.45) is 1.70. The van der Waals surface area contributed by atoms with E-state index in [9.17, 15) is 9.35 Å². The maximum Gasteiger partial charge on any atom is 0.276 e. The molecule has 0 amide bonds. The molecule has 3 aromatic rings. The van der Waals surface area contributed by atoms with Crippen LogP contribution in [0.25, 0.3) is 11.0 Å². The van der Waals surface area contributed by atoms with Crippen molar-refractivity contribution in [3.63, 3.8) is 0 Å². The molecular formula is C19H21ClN4O2S2. The fourth-order valence-electron chi connectivity index (χ4n) is 2.77. The molecule has 2 aromatic heterocycles. The first-order valence-corrected chi connectivity index (χ1v) is 10.5. The van der Waals surface area contributed by atoms with Crippen LogP contribution in [0.15, 0.2) is 39.7 Å². The van der Waals surface area contributed by atoms with E-state index >= 15 is 0 Å². The van der Waals surface area contributed by atoms with E-state index in [1.165, 1.54) is 0 Å². The Morgan fingerprint density at radius 1 is 1.36 bits per heavy atom. The fraction of sp³-hybridized carbons (Fsp3) is 0.316. The van der Waals surface area contributed by atoms with E-state index in [2.05, 4.69) is 14.4 Å². The number of rotatable bonds is 4. The molecular weight excluding hydrogens is 416 g/mol. The van der Waals surface area contributed by atoms with E-state index in [1.54, 1.807) is 18.3 Å².